The van der Waals surface area contributed by atoms with Gasteiger partial charge in [0.1, 0.15) is 0 Å². The molecule has 1 saturated heterocycles. The Hall–Kier alpha value is -0.0800. The Kier molecular flexibility index (Phi) is 3.68. The molecule has 0 unspecified atom stereocenters. The molecular formula is C13H26N2. The van der Waals surface area contributed by atoms with Gasteiger partial charge in [-0.15, -0.1) is 0 Å². The summed E-state index contributed by atoms with van der Waals surface area (Å²) in [7, 11) is 0. The van der Waals surface area contributed by atoms with E-state index in [0.717, 1.165) is 30.5 Å². The Morgan fingerprint density at radius 1 is 1.27 bits per heavy atom. The van der Waals surface area contributed by atoms with E-state index < -0.39 is 0 Å². The summed E-state index contributed by atoms with van der Waals surface area (Å²) in [5.41, 5.74) is 5.93. The molecule has 2 aliphatic rings. The van der Waals surface area contributed by atoms with Crippen molar-refractivity contribution < 1.29 is 0 Å². The number of hydrogen-bond donors (Lipinski definition) is 1. The number of rotatable bonds is 4. The van der Waals surface area contributed by atoms with Crippen LogP contribution in [0.25, 0.3) is 0 Å². The van der Waals surface area contributed by atoms with E-state index in [4.69, 9.17) is 5.73 Å². The van der Waals surface area contributed by atoms with Gasteiger partial charge in [0.05, 0.1) is 0 Å². The molecule has 0 amide bonds. The average Bonchev–Trinajstić information content (AvgIpc) is 3.01. The molecule has 0 radical (unpaired) electrons. The number of likely N-dealkylation sites (tertiary alicyclic amines) is 1. The van der Waals surface area contributed by atoms with E-state index in [0.29, 0.717) is 0 Å². The Bertz CT molecular complexity index is 199. The molecule has 0 bridgehead atoms. The summed E-state index contributed by atoms with van der Waals surface area (Å²) in [6, 6.07) is 1.71. The first-order chi connectivity index (χ1) is 7.22. The highest BCUT2D eigenvalue weighted by atomic mass is 15.2. The maximum atomic E-state index is 5.93. The van der Waals surface area contributed by atoms with Crippen molar-refractivity contribution in [2.75, 3.05) is 13.1 Å². The lowest BCUT2D eigenvalue weighted by Crippen LogP contribution is -2.49. The SMILES string of the molecule is CC(C)C[C@@H]1[C@@H](CN)CCCN1C1CC1. The van der Waals surface area contributed by atoms with E-state index >= 15 is 0 Å². The lowest BCUT2D eigenvalue weighted by atomic mass is 9.84. The van der Waals surface area contributed by atoms with Crippen LogP contribution in [0.2, 0.25) is 0 Å². The van der Waals surface area contributed by atoms with E-state index in [1.165, 1.54) is 38.6 Å². The molecule has 1 heterocycles. The van der Waals surface area contributed by atoms with Gasteiger partial charge in [-0.3, -0.25) is 4.90 Å². The number of nitrogens with two attached hydrogens (primary N) is 1. The van der Waals surface area contributed by atoms with E-state index in [1.54, 1.807) is 0 Å². The van der Waals surface area contributed by atoms with Crippen molar-refractivity contribution in [3.63, 3.8) is 0 Å². The molecular weight excluding hydrogens is 184 g/mol. The van der Waals surface area contributed by atoms with Crippen molar-refractivity contribution in [3.8, 4) is 0 Å². The summed E-state index contributed by atoms with van der Waals surface area (Å²) in [6.07, 6.45) is 6.94. The van der Waals surface area contributed by atoms with Crippen molar-refractivity contribution in [2.45, 2.75) is 58.0 Å². The fourth-order valence-corrected chi connectivity index (χ4v) is 3.11. The van der Waals surface area contributed by atoms with E-state index in [-0.39, 0.29) is 0 Å². The highest BCUT2D eigenvalue weighted by Crippen LogP contribution is 2.36. The molecule has 2 fully saturated rings. The third kappa shape index (κ3) is 2.73. The molecule has 2 heteroatoms. The van der Waals surface area contributed by atoms with Crippen LogP contribution in [-0.2, 0) is 0 Å². The summed E-state index contributed by atoms with van der Waals surface area (Å²) >= 11 is 0. The zero-order valence-electron chi connectivity index (χ0n) is 10.3. The minimum absolute atomic E-state index is 0.766. The van der Waals surface area contributed by atoms with Crippen LogP contribution in [0.5, 0.6) is 0 Å². The molecule has 0 spiro atoms. The normalized spacial score (nSPS) is 33.6. The van der Waals surface area contributed by atoms with Crippen LogP contribution in [0, 0.1) is 11.8 Å². The number of piperidine rings is 1. The van der Waals surface area contributed by atoms with Crippen LogP contribution in [0.3, 0.4) is 0 Å². The Morgan fingerprint density at radius 2 is 2.00 bits per heavy atom. The molecule has 1 aliphatic carbocycles. The van der Waals surface area contributed by atoms with Crippen LogP contribution >= 0.6 is 0 Å². The first-order valence-corrected chi connectivity index (χ1v) is 6.68. The smallest absolute Gasteiger partial charge is 0.0141 e. The first kappa shape index (κ1) is 11.4. The van der Waals surface area contributed by atoms with Crippen LogP contribution in [0.15, 0.2) is 0 Å². The molecule has 2 nitrogen and oxygen atoms in total. The molecule has 1 aliphatic heterocycles. The van der Waals surface area contributed by atoms with Gasteiger partial charge < -0.3 is 5.73 Å². The Balaban J connectivity index is 2.00. The second kappa shape index (κ2) is 4.84. The quantitative estimate of drug-likeness (QED) is 0.771. The van der Waals surface area contributed by atoms with Crippen molar-refractivity contribution in [1.82, 2.24) is 4.90 Å². The molecule has 0 aromatic carbocycles. The Morgan fingerprint density at radius 3 is 2.53 bits per heavy atom. The minimum atomic E-state index is 0.766. The van der Waals surface area contributed by atoms with Crippen LogP contribution < -0.4 is 5.73 Å². The molecule has 2 atom stereocenters. The second-order valence-electron chi connectivity index (χ2n) is 5.80. The van der Waals surface area contributed by atoms with Gasteiger partial charge in [-0.1, -0.05) is 13.8 Å². The fraction of sp³-hybridized carbons (Fsp3) is 1.00. The van der Waals surface area contributed by atoms with Gasteiger partial charge in [-0.05, 0) is 57.0 Å². The summed E-state index contributed by atoms with van der Waals surface area (Å²) in [5.74, 6) is 1.57. The second-order valence-corrected chi connectivity index (χ2v) is 5.80. The monoisotopic (exact) mass is 210 g/mol. The average molecular weight is 210 g/mol. The Labute approximate surface area is 94.2 Å². The zero-order chi connectivity index (χ0) is 10.8. The minimum Gasteiger partial charge on any atom is -0.330 e. The van der Waals surface area contributed by atoms with E-state index in [2.05, 4.69) is 18.7 Å². The molecule has 2 N–H and O–H groups in total. The third-order valence-electron chi connectivity index (χ3n) is 3.99. The highest BCUT2D eigenvalue weighted by molar-refractivity contribution is 4.94. The first-order valence-electron chi connectivity index (χ1n) is 6.68. The predicted molar refractivity (Wildman–Crippen MR) is 64.7 cm³/mol. The lowest BCUT2D eigenvalue weighted by molar-refractivity contribution is 0.0728. The van der Waals surface area contributed by atoms with Crippen molar-refractivity contribution in [1.29, 1.82) is 0 Å². The van der Waals surface area contributed by atoms with Gasteiger partial charge >= 0.3 is 0 Å². The maximum Gasteiger partial charge on any atom is 0.0141 e. The number of nitrogens with zero attached hydrogens (tertiary/aromatic N) is 1. The molecule has 0 aromatic rings. The summed E-state index contributed by atoms with van der Waals surface area (Å²) < 4.78 is 0. The van der Waals surface area contributed by atoms with Crippen LogP contribution in [0.4, 0.5) is 0 Å². The van der Waals surface area contributed by atoms with E-state index in [1.807, 2.05) is 0 Å². The summed E-state index contributed by atoms with van der Waals surface area (Å²) in [6.45, 7) is 6.90. The molecule has 1 saturated carbocycles. The number of hydrogen-bond acceptors (Lipinski definition) is 2. The van der Waals surface area contributed by atoms with Gasteiger partial charge in [0, 0.05) is 12.1 Å². The molecule has 15 heavy (non-hydrogen) atoms. The molecule has 2 rings (SSSR count). The zero-order valence-corrected chi connectivity index (χ0v) is 10.3. The molecule has 88 valence electrons. The van der Waals surface area contributed by atoms with Crippen LogP contribution in [-0.4, -0.2) is 30.1 Å². The molecule has 0 aromatic heterocycles. The van der Waals surface area contributed by atoms with Crippen molar-refractivity contribution >= 4 is 0 Å². The van der Waals surface area contributed by atoms with Gasteiger partial charge in [0.25, 0.3) is 0 Å². The van der Waals surface area contributed by atoms with Gasteiger partial charge in [-0.25, -0.2) is 0 Å². The highest BCUT2D eigenvalue weighted by Gasteiger charge is 2.39. The largest absolute Gasteiger partial charge is 0.330 e. The summed E-state index contributed by atoms with van der Waals surface area (Å²) in [4.78, 5) is 2.78. The summed E-state index contributed by atoms with van der Waals surface area (Å²) in [5, 5.41) is 0. The van der Waals surface area contributed by atoms with Crippen LogP contribution in [0.1, 0.15) is 46.0 Å². The van der Waals surface area contributed by atoms with E-state index in [9.17, 15) is 0 Å². The van der Waals surface area contributed by atoms with Crippen molar-refractivity contribution in [3.05, 3.63) is 0 Å². The standard InChI is InChI=1S/C13H26N2/c1-10(2)8-13-11(9-14)4-3-7-15(13)12-5-6-12/h10-13H,3-9,14H2,1-2H3/t11-,13-/m1/s1. The topological polar surface area (TPSA) is 29.3 Å². The fourth-order valence-electron chi connectivity index (χ4n) is 3.11. The van der Waals surface area contributed by atoms with Crippen molar-refractivity contribution in [2.24, 2.45) is 17.6 Å². The van der Waals surface area contributed by atoms with Gasteiger partial charge in [0.15, 0.2) is 0 Å². The maximum absolute atomic E-state index is 5.93. The van der Waals surface area contributed by atoms with Gasteiger partial charge in [-0.2, -0.15) is 0 Å². The van der Waals surface area contributed by atoms with Gasteiger partial charge in [0.2, 0.25) is 0 Å². The third-order valence-corrected chi connectivity index (χ3v) is 3.99. The lowest BCUT2D eigenvalue weighted by Gasteiger charge is -2.42. The predicted octanol–water partition coefficient (Wildman–Crippen LogP) is 2.23.